The van der Waals surface area contributed by atoms with Crippen molar-refractivity contribution in [3.05, 3.63) is 59.7 Å². The van der Waals surface area contributed by atoms with Gasteiger partial charge in [-0.15, -0.1) is 0 Å². The van der Waals surface area contributed by atoms with Crippen LogP contribution in [0, 0.1) is 0 Å². The smallest absolute Gasteiger partial charge is 0.244 e. The number of ether oxygens (including phenoxy) is 4. The van der Waals surface area contributed by atoms with Crippen molar-refractivity contribution >= 4 is 24.0 Å². The number of hydrogen-bond acceptors (Lipinski definition) is 6. The zero-order valence-corrected chi connectivity index (χ0v) is 21.2. The van der Waals surface area contributed by atoms with E-state index in [4.69, 9.17) is 18.9 Å². The summed E-state index contributed by atoms with van der Waals surface area (Å²) in [5.41, 5.74) is 1.69. The van der Waals surface area contributed by atoms with Crippen molar-refractivity contribution in [3.63, 3.8) is 0 Å². The summed E-state index contributed by atoms with van der Waals surface area (Å²) in [6, 6.07) is 11.1. The normalized spacial score (nSPS) is 17.6. The van der Waals surface area contributed by atoms with Crippen molar-refractivity contribution in [2.24, 2.45) is 0 Å². The molecule has 0 radical (unpaired) electrons. The molecule has 192 valence electrons. The van der Waals surface area contributed by atoms with E-state index < -0.39 is 0 Å². The Balaban J connectivity index is 1.43. The zero-order valence-electron chi connectivity index (χ0n) is 21.2. The lowest BCUT2D eigenvalue weighted by atomic mass is 9.91. The fourth-order valence-electron chi connectivity index (χ4n) is 4.14. The SMILES string of the molecule is COc1ccc(/C=C/C(=O)NC2CCC(NC(=O)/C=C/c3ccc(OC)c(OC)c3)CC2)cc1OC. The van der Waals surface area contributed by atoms with Crippen LogP contribution in [0.25, 0.3) is 12.2 Å². The molecule has 0 spiro atoms. The van der Waals surface area contributed by atoms with Crippen LogP contribution in [-0.2, 0) is 9.59 Å². The largest absolute Gasteiger partial charge is 0.493 e. The van der Waals surface area contributed by atoms with Crippen LogP contribution in [0.4, 0.5) is 0 Å². The second-order valence-electron chi connectivity index (χ2n) is 8.46. The van der Waals surface area contributed by atoms with E-state index in [1.165, 1.54) is 12.2 Å². The van der Waals surface area contributed by atoms with Crippen molar-refractivity contribution in [1.82, 2.24) is 10.6 Å². The Morgan fingerprint density at radius 3 is 1.33 bits per heavy atom. The zero-order chi connectivity index (χ0) is 25.9. The molecule has 1 aliphatic carbocycles. The number of benzene rings is 2. The van der Waals surface area contributed by atoms with Crippen LogP contribution >= 0.6 is 0 Å². The highest BCUT2D eigenvalue weighted by Gasteiger charge is 2.22. The Morgan fingerprint density at radius 2 is 1.00 bits per heavy atom. The Morgan fingerprint density at radius 1 is 0.639 bits per heavy atom. The molecule has 0 atom stereocenters. The molecule has 0 bridgehead atoms. The maximum absolute atomic E-state index is 12.4. The lowest BCUT2D eigenvalue weighted by molar-refractivity contribution is -0.118. The highest BCUT2D eigenvalue weighted by molar-refractivity contribution is 5.92. The van der Waals surface area contributed by atoms with Gasteiger partial charge in [-0.3, -0.25) is 9.59 Å². The Hall–Kier alpha value is -3.94. The van der Waals surface area contributed by atoms with Gasteiger partial charge in [-0.25, -0.2) is 0 Å². The number of carbonyl (C=O) groups is 2. The Bertz CT molecular complexity index is 1020. The van der Waals surface area contributed by atoms with Crippen LogP contribution < -0.4 is 29.6 Å². The van der Waals surface area contributed by atoms with Gasteiger partial charge in [-0.2, -0.15) is 0 Å². The molecule has 0 unspecified atom stereocenters. The van der Waals surface area contributed by atoms with E-state index in [1.807, 2.05) is 24.3 Å². The predicted octanol–water partition coefficient (Wildman–Crippen LogP) is 3.99. The minimum atomic E-state index is -0.143. The molecule has 0 aliphatic heterocycles. The average molecular weight is 495 g/mol. The van der Waals surface area contributed by atoms with Crippen LogP contribution in [0.1, 0.15) is 36.8 Å². The van der Waals surface area contributed by atoms with E-state index in [0.29, 0.717) is 23.0 Å². The van der Waals surface area contributed by atoms with E-state index >= 15 is 0 Å². The quantitative estimate of drug-likeness (QED) is 0.485. The number of nitrogens with one attached hydrogen (secondary N) is 2. The number of rotatable bonds is 10. The summed E-state index contributed by atoms with van der Waals surface area (Å²) in [6.07, 6.45) is 9.75. The van der Waals surface area contributed by atoms with Crippen LogP contribution in [0.3, 0.4) is 0 Å². The van der Waals surface area contributed by atoms with E-state index in [9.17, 15) is 9.59 Å². The van der Waals surface area contributed by atoms with Gasteiger partial charge in [0.25, 0.3) is 0 Å². The maximum atomic E-state index is 12.4. The second kappa shape index (κ2) is 13.2. The molecule has 0 heterocycles. The highest BCUT2D eigenvalue weighted by Crippen LogP contribution is 2.29. The average Bonchev–Trinajstić information content (AvgIpc) is 2.91. The lowest BCUT2D eigenvalue weighted by Crippen LogP contribution is -2.43. The molecular formula is C28H34N2O6. The van der Waals surface area contributed by atoms with Gasteiger partial charge in [-0.1, -0.05) is 12.1 Å². The van der Waals surface area contributed by atoms with Gasteiger partial charge in [0.05, 0.1) is 28.4 Å². The van der Waals surface area contributed by atoms with E-state index in [0.717, 1.165) is 36.8 Å². The summed E-state index contributed by atoms with van der Waals surface area (Å²) in [5.74, 6) is 2.21. The van der Waals surface area contributed by atoms with Gasteiger partial charge in [0, 0.05) is 24.2 Å². The molecule has 36 heavy (non-hydrogen) atoms. The van der Waals surface area contributed by atoms with Crippen LogP contribution in [0.5, 0.6) is 23.0 Å². The minimum absolute atomic E-state index is 0.0861. The van der Waals surface area contributed by atoms with E-state index in [-0.39, 0.29) is 23.9 Å². The first-order chi connectivity index (χ1) is 17.4. The van der Waals surface area contributed by atoms with Gasteiger partial charge in [0.2, 0.25) is 11.8 Å². The van der Waals surface area contributed by atoms with Crippen LogP contribution in [-0.4, -0.2) is 52.3 Å². The molecule has 2 amide bonds. The highest BCUT2D eigenvalue weighted by atomic mass is 16.5. The van der Waals surface area contributed by atoms with Gasteiger partial charge in [0.15, 0.2) is 23.0 Å². The summed E-state index contributed by atoms with van der Waals surface area (Å²) in [4.78, 5) is 24.8. The van der Waals surface area contributed by atoms with Gasteiger partial charge in [-0.05, 0) is 73.2 Å². The maximum Gasteiger partial charge on any atom is 0.244 e. The third-order valence-corrected chi connectivity index (χ3v) is 6.09. The van der Waals surface area contributed by atoms with Crippen molar-refractivity contribution in [3.8, 4) is 23.0 Å². The lowest BCUT2D eigenvalue weighted by Gasteiger charge is -2.29. The Kier molecular flexibility index (Phi) is 9.80. The summed E-state index contributed by atoms with van der Waals surface area (Å²) in [5, 5.41) is 6.10. The molecule has 2 aromatic rings. The van der Waals surface area contributed by atoms with Crippen molar-refractivity contribution in [2.45, 2.75) is 37.8 Å². The summed E-state index contributed by atoms with van der Waals surface area (Å²) < 4.78 is 21.1. The molecule has 2 N–H and O–H groups in total. The van der Waals surface area contributed by atoms with Gasteiger partial charge < -0.3 is 29.6 Å². The first kappa shape index (κ1) is 26.7. The standard InChI is InChI=1S/C28H34N2O6/c1-33-23-13-5-19(17-25(23)35-3)7-15-27(31)29-21-9-11-22(12-10-21)30-28(32)16-8-20-6-14-24(34-2)26(18-20)36-4/h5-8,13-18,21-22H,9-12H2,1-4H3,(H,29,31)(H,30,32)/b15-7+,16-8+. The Labute approximate surface area is 212 Å². The minimum Gasteiger partial charge on any atom is -0.493 e. The molecule has 1 saturated carbocycles. The molecule has 0 saturated heterocycles. The molecule has 1 aliphatic rings. The molecule has 8 heteroatoms. The van der Waals surface area contributed by atoms with E-state index in [2.05, 4.69) is 10.6 Å². The fraction of sp³-hybridized carbons (Fsp3) is 0.357. The summed E-state index contributed by atoms with van der Waals surface area (Å²) in [6.45, 7) is 0. The summed E-state index contributed by atoms with van der Waals surface area (Å²) >= 11 is 0. The van der Waals surface area contributed by atoms with Crippen LogP contribution in [0.2, 0.25) is 0 Å². The monoisotopic (exact) mass is 494 g/mol. The summed E-state index contributed by atoms with van der Waals surface area (Å²) in [7, 11) is 6.31. The number of carbonyl (C=O) groups excluding carboxylic acids is 2. The number of methoxy groups -OCH3 is 4. The predicted molar refractivity (Wildman–Crippen MR) is 139 cm³/mol. The van der Waals surface area contributed by atoms with Gasteiger partial charge >= 0.3 is 0 Å². The fourth-order valence-corrected chi connectivity index (χ4v) is 4.14. The van der Waals surface area contributed by atoms with Crippen LogP contribution in [0.15, 0.2) is 48.6 Å². The third kappa shape index (κ3) is 7.53. The third-order valence-electron chi connectivity index (χ3n) is 6.09. The number of hydrogen-bond donors (Lipinski definition) is 2. The second-order valence-corrected chi connectivity index (χ2v) is 8.46. The van der Waals surface area contributed by atoms with Crippen molar-refractivity contribution < 1.29 is 28.5 Å². The topological polar surface area (TPSA) is 95.1 Å². The molecule has 2 aromatic carbocycles. The van der Waals surface area contributed by atoms with Gasteiger partial charge in [0.1, 0.15) is 0 Å². The van der Waals surface area contributed by atoms with Crippen molar-refractivity contribution in [1.29, 1.82) is 0 Å². The first-order valence-electron chi connectivity index (χ1n) is 11.9. The first-order valence-corrected chi connectivity index (χ1v) is 11.9. The van der Waals surface area contributed by atoms with Crippen molar-refractivity contribution in [2.75, 3.05) is 28.4 Å². The number of amides is 2. The molecule has 0 aromatic heterocycles. The van der Waals surface area contributed by atoms with E-state index in [1.54, 1.807) is 52.7 Å². The molecule has 3 rings (SSSR count). The molecule has 8 nitrogen and oxygen atoms in total. The molecular weight excluding hydrogens is 460 g/mol. The molecule has 1 fully saturated rings.